The van der Waals surface area contributed by atoms with Crippen molar-refractivity contribution in [3.63, 3.8) is 0 Å². The highest BCUT2D eigenvalue weighted by atomic mass is 15.3. The summed E-state index contributed by atoms with van der Waals surface area (Å²) in [6.45, 7) is 14.8. The number of nitrogens with zero attached hydrogens (tertiary/aromatic N) is 2. The first kappa shape index (κ1) is 16.3. The molecule has 1 fully saturated rings. The van der Waals surface area contributed by atoms with E-state index in [2.05, 4.69) is 73.1 Å². The Morgan fingerprint density at radius 3 is 2.24 bits per heavy atom. The molecule has 21 heavy (non-hydrogen) atoms. The van der Waals surface area contributed by atoms with Gasteiger partial charge in [0.15, 0.2) is 0 Å². The summed E-state index contributed by atoms with van der Waals surface area (Å²) in [5.41, 5.74) is 1.59. The summed E-state index contributed by atoms with van der Waals surface area (Å²) in [5.74, 6) is 0. The average molecular weight is 289 g/mol. The molecular weight excluding hydrogens is 258 g/mol. The van der Waals surface area contributed by atoms with Crippen LogP contribution in [0.25, 0.3) is 0 Å². The van der Waals surface area contributed by atoms with Gasteiger partial charge in [-0.05, 0) is 52.8 Å². The molecular formula is C18H31N3. The van der Waals surface area contributed by atoms with E-state index in [0.29, 0.717) is 6.04 Å². The molecule has 0 saturated carbocycles. The molecule has 0 radical (unpaired) electrons. The summed E-state index contributed by atoms with van der Waals surface area (Å²) in [4.78, 5) is 5.13. The van der Waals surface area contributed by atoms with E-state index in [1.807, 2.05) is 0 Å². The first-order valence-corrected chi connectivity index (χ1v) is 8.25. The van der Waals surface area contributed by atoms with Crippen LogP contribution in [-0.4, -0.2) is 49.2 Å². The highest BCUT2D eigenvalue weighted by Crippen LogP contribution is 2.17. The van der Waals surface area contributed by atoms with Gasteiger partial charge in [-0.25, -0.2) is 0 Å². The molecule has 1 heterocycles. The number of para-hydroxylation sites is 1. The fourth-order valence-corrected chi connectivity index (χ4v) is 2.90. The van der Waals surface area contributed by atoms with Crippen LogP contribution in [0.5, 0.6) is 0 Å². The molecule has 1 atom stereocenters. The number of rotatable bonds is 5. The van der Waals surface area contributed by atoms with E-state index in [9.17, 15) is 0 Å². The first-order chi connectivity index (χ1) is 9.96. The predicted octanol–water partition coefficient (Wildman–Crippen LogP) is 2.98. The fourth-order valence-electron chi connectivity index (χ4n) is 2.90. The minimum absolute atomic E-state index is 0.228. The van der Waals surface area contributed by atoms with Crippen molar-refractivity contribution in [2.24, 2.45) is 0 Å². The molecule has 1 saturated heterocycles. The van der Waals surface area contributed by atoms with Crippen LogP contribution in [0, 0.1) is 0 Å². The number of anilines is 1. The molecule has 3 heteroatoms. The van der Waals surface area contributed by atoms with Gasteiger partial charge in [0, 0.05) is 43.4 Å². The molecule has 118 valence electrons. The molecule has 0 aromatic heterocycles. The molecule has 1 aliphatic rings. The molecule has 0 aliphatic carbocycles. The maximum Gasteiger partial charge on any atom is 0.0367 e. The van der Waals surface area contributed by atoms with Crippen LogP contribution in [0.15, 0.2) is 30.3 Å². The summed E-state index contributed by atoms with van der Waals surface area (Å²) < 4.78 is 0. The van der Waals surface area contributed by atoms with E-state index >= 15 is 0 Å². The first-order valence-electron chi connectivity index (χ1n) is 8.25. The molecule has 1 aromatic rings. The van der Waals surface area contributed by atoms with E-state index in [1.54, 1.807) is 0 Å². The van der Waals surface area contributed by atoms with Crippen molar-refractivity contribution >= 4 is 5.69 Å². The topological polar surface area (TPSA) is 18.5 Å². The molecule has 0 spiro atoms. The Kier molecular flexibility index (Phi) is 5.65. The molecule has 0 amide bonds. The van der Waals surface area contributed by atoms with Crippen molar-refractivity contribution in [3.05, 3.63) is 30.3 Å². The summed E-state index contributed by atoms with van der Waals surface area (Å²) in [5, 5.41) is 3.59. The second kappa shape index (κ2) is 7.28. The summed E-state index contributed by atoms with van der Waals surface area (Å²) >= 11 is 0. The monoisotopic (exact) mass is 289 g/mol. The lowest BCUT2D eigenvalue weighted by Gasteiger charge is -2.39. The molecule has 1 aliphatic heterocycles. The van der Waals surface area contributed by atoms with Gasteiger partial charge in [0.1, 0.15) is 0 Å². The Labute approximate surface area is 130 Å². The summed E-state index contributed by atoms with van der Waals surface area (Å²) in [6.07, 6.45) is 1.22. The molecule has 3 nitrogen and oxygen atoms in total. The third kappa shape index (κ3) is 5.33. The van der Waals surface area contributed by atoms with Crippen molar-refractivity contribution in [1.82, 2.24) is 10.2 Å². The minimum atomic E-state index is 0.228. The highest BCUT2D eigenvalue weighted by molar-refractivity contribution is 5.46. The maximum absolute atomic E-state index is 3.59. The number of hydrogen-bond donors (Lipinski definition) is 1. The van der Waals surface area contributed by atoms with Gasteiger partial charge in [-0.15, -0.1) is 0 Å². The van der Waals surface area contributed by atoms with Crippen LogP contribution >= 0.6 is 0 Å². The fraction of sp³-hybridized carbons (Fsp3) is 0.667. The normalized spacial score (nSPS) is 18.8. The third-order valence-corrected chi connectivity index (χ3v) is 4.28. The zero-order chi connectivity index (χ0) is 15.3. The van der Waals surface area contributed by atoms with Gasteiger partial charge in [0.25, 0.3) is 0 Å². The summed E-state index contributed by atoms with van der Waals surface area (Å²) in [6, 6.07) is 11.4. The van der Waals surface area contributed by atoms with Crippen LogP contribution in [0.2, 0.25) is 0 Å². The van der Waals surface area contributed by atoms with Gasteiger partial charge in [0.05, 0.1) is 0 Å². The van der Waals surface area contributed by atoms with E-state index in [0.717, 1.165) is 19.6 Å². The Balaban J connectivity index is 1.73. The van der Waals surface area contributed by atoms with Crippen LogP contribution in [-0.2, 0) is 0 Å². The minimum Gasteiger partial charge on any atom is -0.369 e. The van der Waals surface area contributed by atoms with Crippen LogP contribution < -0.4 is 10.2 Å². The quantitative estimate of drug-likeness (QED) is 0.899. The van der Waals surface area contributed by atoms with Gasteiger partial charge in [-0.2, -0.15) is 0 Å². The SMILES string of the molecule is CC(CCNC(C)(C)C)N1CCN(c2ccccc2)CC1. The van der Waals surface area contributed by atoms with Gasteiger partial charge in [0.2, 0.25) is 0 Å². The molecule has 2 rings (SSSR count). The van der Waals surface area contributed by atoms with Crippen LogP contribution in [0.1, 0.15) is 34.1 Å². The van der Waals surface area contributed by atoms with E-state index < -0.39 is 0 Å². The second-order valence-electron chi connectivity index (χ2n) is 7.17. The lowest BCUT2D eigenvalue weighted by molar-refractivity contribution is 0.185. The van der Waals surface area contributed by atoms with Crippen molar-refractivity contribution in [2.75, 3.05) is 37.6 Å². The molecule has 1 N–H and O–H groups in total. The smallest absolute Gasteiger partial charge is 0.0367 e. The van der Waals surface area contributed by atoms with Gasteiger partial charge in [-0.3, -0.25) is 4.90 Å². The predicted molar refractivity (Wildman–Crippen MR) is 92.1 cm³/mol. The van der Waals surface area contributed by atoms with E-state index in [-0.39, 0.29) is 5.54 Å². The Hall–Kier alpha value is -1.06. The van der Waals surface area contributed by atoms with Crippen molar-refractivity contribution < 1.29 is 0 Å². The second-order valence-corrected chi connectivity index (χ2v) is 7.17. The lowest BCUT2D eigenvalue weighted by Crippen LogP contribution is -2.50. The average Bonchev–Trinajstić information content (AvgIpc) is 2.47. The van der Waals surface area contributed by atoms with Crippen molar-refractivity contribution in [2.45, 2.75) is 45.7 Å². The summed E-state index contributed by atoms with van der Waals surface area (Å²) in [7, 11) is 0. The molecule has 1 unspecified atom stereocenters. The van der Waals surface area contributed by atoms with Gasteiger partial charge >= 0.3 is 0 Å². The highest BCUT2D eigenvalue weighted by Gasteiger charge is 2.21. The third-order valence-electron chi connectivity index (χ3n) is 4.28. The van der Waals surface area contributed by atoms with Gasteiger partial charge < -0.3 is 10.2 Å². The Bertz CT molecular complexity index is 402. The lowest BCUT2D eigenvalue weighted by atomic mass is 10.1. The molecule has 0 bridgehead atoms. The van der Waals surface area contributed by atoms with E-state index in [4.69, 9.17) is 0 Å². The van der Waals surface area contributed by atoms with Crippen LogP contribution in [0.4, 0.5) is 5.69 Å². The molecule has 1 aromatic carbocycles. The Morgan fingerprint density at radius 2 is 1.67 bits per heavy atom. The number of nitrogens with one attached hydrogen (secondary N) is 1. The largest absolute Gasteiger partial charge is 0.369 e. The van der Waals surface area contributed by atoms with Crippen molar-refractivity contribution in [1.29, 1.82) is 0 Å². The van der Waals surface area contributed by atoms with Gasteiger partial charge in [-0.1, -0.05) is 18.2 Å². The zero-order valence-corrected chi connectivity index (χ0v) is 14.1. The number of benzene rings is 1. The maximum atomic E-state index is 3.59. The van der Waals surface area contributed by atoms with E-state index in [1.165, 1.54) is 25.2 Å². The zero-order valence-electron chi connectivity index (χ0n) is 14.1. The number of hydrogen-bond acceptors (Lipinski definition) is 3. The number of piperazine rings is 1. The standard InChI is InChI=1S/C18H31N3/c1-16(10-11-19-18(2,3)4)20-12-14-21(15-13-20)17-8-6-5-7-9-17/h5-9,16,19H,10-15H2,1-4H3. The van der Waals surface area contributed by atoms with Crippen LogP contribution in [0.3, 0.4) is 0 Å². The Morgan fingerprint density at radius 1 is 1.05 bits per heavy atom. The van der Waals surface area contributed by atoms with Crippen molar-refractivity contribution in [3.8, 4) is 0 Å².